The van der Waals surface area contributed by atoms with Gasteiger partial charge in [0.25, 0.3) is 5.56 Å². The highest BCUT2D eigenvalue weighted by Gasteiger charge is 2.34. The van der Waals surface area contributed by atoms with Crippen LogP contribution in [0, 0.1) is 18.3 Å². The lowest BCUT2D eigenvalue weighted by atomic mass is 9.83. The molecule has 0 spiro atoms. The first-order valence-corrected chi connectivity index (χ1v) is 7.01. The molecule has 0 saturated heterocycles. The molecule has 3 N–H and O–H groups in total. The monoisotopic (exact) mass is 309 g/mol. The summed E-state index contributed by atoms with van der Waals surface area (Å²) in [6, 6.07) is 11.0. The second kappa shape index (κ2) is 5.54. The number of hydrogen-bond donors (Lipinski definition) is 2. The normalized spacial score (nSPS) is 16.3. The van der Waals surface area contributed by atoms with Gasteiger partial charge in [0.05, 0.1) is 18.6 Å². The minimum Gasteiger partial charge on any atom is -0.496 e. The van der Waals surface area contributed by atoms with Crippen molar-refractivity contribution in [1.29, 1.82) is 5.26 Å². The van der Waals surface area contributed by atoms with E-state index in [4.69, 9.17) is 15.2 Å². The maximum Gasteiger partial charge on any atom is 0.256 e. The number of para-hydroxylation sites is 1. The van der Waals surface area contributed by atoms with E-state index in [9.17, 15) is 10.1 Å². The number of nitrogens with zero attached hydrogens (tertiary/aromatic N) is 1. The zero-order valence-electron chi connectivity index (χ0n) is 12.7. The Balaban J connectivity index is 2.35. The smallest absolute Gasteiger partial charge is 0.256 e. The molecule has 2 heterocycles. The molecule has 23 heavy (non-hydrogen) atoms. The number of allylic oxidation sites excluding steroid dienone is 1. The van der Waals surface area contributed by atoms with Crippen molar-refractivity contribution in [2.24, 2.45) is 5.73 Å². The molecule has 1 atom stereocenters. The molecule has 0 fully saturated rings. The van der Waals surface area contributed by atoms with Crippen molar-refractivity contribution >= 4 is 0 Å². The Morgan fingerprint density at radius 1 is 1.39 bits per heavy atom. The molecular weight excluding hydrogens is 294 g/mol. The molecule has 6 nitrogen and oxygen atoms in total. The first kappa shape index (κ1) is 14.7. The number of nitriles is 1. The summed E-state index contributed by atoms with van der Waals surface area (Å²) >= 11 is 0. The Morgan fingerprint density at radius 3 is 2.83 bits per heavy atom. The van der Waals surface area contributed by atoms with Crippen LogP contribution in [0.5, 0.6) is 11.5 Å². The molecule has 1 aliphatic rings. The van der Waals surface area contributed by atoms with E-state index >= 15 is 0 Å². The first-order valence-electron chi connectivity index (χ1n) is 7.01. The van der Waals surface area contributed by atoms with Crippen LogP contribution in [0.3, 0.4) is 0 Å². The van der Waals surface area contributed by atoms with Gasteiger partial charge in [0, 0.05) is 17.3 Å². The highest BCUT2D eigenvalue weighted by Crippen LogP contribution is 2.42. The Bertz CT molecular complexity index is 906. The standard InChI is InChI=1S/C17H15N3O3/c1-9-7-13-15(17(21)20-9)14(11(8-18)16(19)23-13)10-5-3-4-6-12(10)22-2/h3-7,14H,19H2,1-2H3,(H,20,21)/t14-/m0/s1. The molecule has 0 radical (unpaired) electrons. The molecule has 1 aromatic heterocycles. The first-order chi connectivity index (χ1) is 11.1. The summed E-state index contributed by atoms with van der Waals surface area (Å²) in [5.41, 5.74) is 7.48. The minimum atomic E-state index is -0.635. The molecule has 0 unspecified atom stereocenters. The van der Waals surface area contributed by atoms with Gasteiger partial charge in [-0.05, 0) is 13.0 Å². The summed E-state index contributed by atoms with van der Waals surface area (Å²) in [5.74, 6) is 0.301. The SMILES string of the molecule is COc1ccccc1[C@H]1C(C#N)=C(N)Oc2cc(C)[nH]c(=O)c21. The van der Waals surface area contributed by atoms with Crippen LogP contribution in [0.2, 0.25) is 0 Å². The molecule has 1 aromatic carbocycles. The Kier molecular flexibility index (Phi) is 3.54. The maximum absolute atomic E-state index is 12.5. The average Bonchev–Trinajstić information content (AvgIpc) is 2.53. The summed E-state index contributed by atoms with van der Waals surface area (Å²) in [6.07, 6.45) is 0. The zero-order valence-corrected chi connectivity index (χ0v) is 12.7. The molecule has 0 bridgehead atoms. The van der Waals surface area contributed by atoms with Crippen LogP contribution in [0.1, 0.15) is 22.7 Å². The predicted molar refractivity (Wildman–Crippen MR) is 84.1 cm³/mol. The highest BCUT2D eigenvalue weighted by molar-refractivity contribution is 5.57. The van der Waals surface area contributed by atoms with Crippen molar-refractivity contribution in [3.8, 4) is 17.6 Å². The van der Waals surface area contributed by atoms with Gasteiger partial charge in [-0.1, -0.05) is 18.2 Å². The summed E-state index contributed by atoms with van der Waals surface area (Å²) in [7, 11) is 1.54. The van der Waals surface area contributed by atoms with E-state index in [2.05, 4.69) is 11.1 Å². The van der Waals surface area contributed by atoms with Gasteiger partial charge in [0.2, 0.25) is 5.88 Å². The minimum absolute atomic E-state index is 0.000839. The van der Waals surface area contributed by atoms with Gasteiger partial charge in [0.15, 0.2) is 0 Å². The Hall–Kier alpha value is -3.20. The molecule has 6 heteroatoms. The third-order valence-electron chi connectivity index (χ3n) is 3.80. The van der Waals surface area contributed by atoms with Gasteiger partial charge in [-0.15, -0.1) is 0 Å². The van der Waals surface area contributed by atoms with Crippen LogP contribution < -0.4 is 20.8 Å². The maximum atomic E-state index is 12.5. The van der Waals surface area contributed by atoms with Gasteiger partial charge in [-0.2, -0.15) is 5.26 Å². The number of pyridine rings is 1. The van der Waals surface area contributed by atoms with Crippen LogP contribution in [0.4, 0.5) is 0 Å². The highest BCUT2D eigenvalue weighted by atomic mass is 16.5. The van der Waals surface area contributed by atoms with E-state index < -0.39 is 5.92 Å². The van der Waals surface area contributed by atoms with Crippen LogP contribution in [0.15, 0.2) is 46.6 Å². The molecule has 2 aromatic rings. The summed E-state index contributed by atoms with van der Waals surface area (Å²) < 4.78 is 10.9. The lowest BCUT2D eigenvalue weighted by molar-refractivity contribution is 0.385. The van der Waals surface area contributed by atoms with E-state index in [0.717, 1.165) is 0 Å². The van der Waals surface area contributed by atoms with Crippen molar-refractivity contribution < 1.29 is 9.47 Å². The van der Waals surface area contributed by atoms with Gasteiger partial charge in [0.1, 0.15) is 23.1 Å². The van der Waals surface area contributed by atoms with Crippen molar-refractivity contribution in [2.75, 3.05) is 7.11 Å². The number of ether oxygens (including phenoxy) is 2. The van der Waals surface area contributed by atoms with Crippen LogP contribution in [-0.4, -0.2) is 12.1 Å². The van der Waals surface area contributed by atoms with Crippen molar-refractivity contribution in [3.05, 3.63) is 69.0 Å². The quantitative estimate of drug-likeness (QED) is 0.882. The average molecular weight is 309 g/mol. The lowest BCUT2D eigenvalue weighted by Crippen LogP contribution is -2.28. The third kappa shape index (κ3) is 2.32. The fourth-order valence-corrected chi connectivity index (χ4v) is 2.82. The van der Waals surface area contributed by atoms with Gasteiger partial charge in [-0.3, -0.25) is 4.79 Å². The van der Waals surface area contributed by atoms with Gasteiger partial charge in [-0.25, -0.2) is 0 Å². The van der Waals surface area contributed by atoms with Crippen LogP contribution in [-0.2, 0) is 0 Å². The number of hydrogen-bond acceptors (Lipinski definition) is 5. The second-order valence-electron chi connectivity index (χ2n) is 5.23. The number of aryl methyl sites for hydroxylation is 1. The van der Waals surface area contributed by atoms with E-state index in [1.165, 1.54) is 7.11 Å². The Morgan fingerprint density at radius 2 is 2.13 bits per heavy atom. The molecule has 1 aliphatic heterocycles. The molecule has 0 amide bonds. The number of nitrogens with two attached hydrogens (primary N) is 1. The topological polar surface area (TPSA) is 101 Å². The van der Waals surface area contributed by atoms with Crippen molar-refractivity contribution in [2.45, 2.75) is 12.8 Å². The second-order valence-corrected chi connectivity index (χ2v) is 5.23. The predicted octanol–water partition coefficient (Wildman–Crippen LogP) is 1.91. The number of rotatable bonds is 2. The number of methoxy groups -OCH3 is 1. The van der Waals surface area contributed by atoms with Crippen LogP contribution in [0.25, 0.3) is 0 Å². The number of aromatic amines is 1. The number of H-pyrrole nitrogens is 1. The summed E-state index contributed by atoms with van der Waals surface area (Å²) in [6.45, 7) is 1.75. The zero-order chi connectivity index (χ0) is 16.6. The van der Waals surface area contributed by atoms with E-state index in [1.54, 1.807) is 19.1 Å². The van der Waals surface area contributed by atoms with Gasteiger partial charge < -0.3 is 20.2 Å². The molecule has 116 valence electrons. The van der Waals surface area contributed by atoms with Crippen molar-refractivity contribution in [1.82, 2.24) is 4.98 Å². The number of fused-ring (bicyclic) bond motifs is 1. The lowest BCUT2D eigenvalue weighted by Gasteiger charge is -2.26. The fraction of sp³-hybridized carbons (Fsp3) is 0.176. The summed E-state index contributed by atoms with van der Waals surface area (Å²) in [4.78, 5) is 15.2. The van der Waals surface area contributed by atoms with Crippen LogP contribution >= 0.6 is 0 Å². The fourth-order valence-electron chi connectivity index (χ4n) is 2.82. The molecular formula is C17H15N3O3. The van der Waals surface area contributed by atoms with E-state index in [1.807, 2.05) is 18.2 Å². The van der Waals surface area contributed by atoms with E-state index in [0.29, 0.717) is 28.3 Å². The third-order valence-corrected chi connectivity index (χ3v) is 3.80. The van der Waals surface area contributed by atoms with Crippen molar-refractivity contribution in [3.63, 3.8) is 0 Å². The summed E-state index contributed by atoms with van der Waals surface area (Å²) in [5, 5.41) is 9.51. The number of benzene rings is 1. The number of nitrogens with one attached hydrogen (secondary N) is 1. The molecule has 0 saturated carbocycles. The Labute approximate surface area is 132 Å². The van der Waals surface area contributed by atoms with E-state index in [-0.39, 0.29) is 17.0 Å². The largest absolute Gasteiger partial charge is 0.496 e. The van der Waals surface area contributed by atoms with Gasteiger partial charge >= 0.3 is 0 Å². The number of aromatic nitrogens is 1. The molecule has 0 aliphatic carbocycles. The molecule has 3 rings (SSSR count).